The lowest BCUT2D eigenvalue weighted by Gasteiger charge is -2.42. The van der Waals surface area contributed by atoms with Crippen LogP contribution in [0.2, 0.25) is 0 Å². The van der Waals surface area contributed by atoms with Gasteiger partial charge in [-0.3, -0.25) is 9.89 Å². The van der Waals surface area contributed by atoms with Gasteiger partial charge in [-0.05, 0) is 25.3 Å². The minimum atomic E-state index is -0.0157. The van der Waals surface area contributed by atoms with Gasteiger partial charge in [0.25, 0.3) is 0 Å². The quantitative estimate of drug-likeness (QED) is 0.302. The number of aromatic nitrogens is 1. The van der Waals surface area contributed by atoms with Gasteiger partial charge >= 0.3 is 0 Å². The van der Waals surface area contributed by atoms with Crippen LogP contribution in [0.5, 0.6) is 0 Å². The summed E-state index contributed by atoms with van der Waals surface area (Å²) in [6.07, 6.45) is 3.61. The highest BCUT2D eigenvalue weighted by molar-refractivity contribution is 14.0. The van der Waals surface area contributed by atoms with Gasteiger partial charge in [0.05, 0.1) is 5.69 Å². The molecule has 0 amide bonds. The minimum absolute atomic E-state index is 0. The molecule has 0 bridgehead atoms. The maximum atomic E-state index is 5.69. The third-order valence-electron chi connectivity index (χ3n) is 6.62. The first-order valence-corrected chi connectivity index (χ1v) is 11.6. The van der Waals surface area contributed by atoms with E-state index >= 15 is 0 Å². The third-order valence-corrected chi connectivity index (χ3v) is 6.62. The van der Waals surface area contributed by atoms with E-state index in [1.54, 1.807) is 6.26 Å². The van der Waals surface area contributed by atoms with Gasteiger partial charge in [0.2, 0.25) is 0 Å². The number of guanidine groups is 1. The monoisotopic (exact) mass is 568 g/mol. The highest BCUT2D eigenvalue weighted by Gasteiger charge is 2.34. The van der Waals surface area contributed by atoms with Crippen molar-refractivity contribution < 1.29 is 9.26 Å². The number of aliphatic imine (C=N–C) groups is 1. The Morgan fingerprint density at radius 2 is 1.85 bits per heavy atom. The van der Waals surface area contributed by atoms with E-state index in [1.807, 2.05) is 13.1 Å². The Labute approximate surface area is 214 Å². The number of hydrogen-bond donors (Lipinski definition) is 2. The molecule has 1 aromatic heterocycles. The Morgan fingerprint density at radius 1 is 1.12 bits per heavy atom. The lowest BCUT2D eigenvalue weighted by molar-refractivity contribution is 0.0351. The SMILES string of the molecule is CN=C(NCC1(NC(C)c2ccccc2)CCOCC1)N1CCN(Cc2ccon2)CC1.I. The second-order valence-corrected chi connectivity index (χ2v) is 8.82. The van der Waals surface area contributed by atoms with Crippen LogP contribution in [0.25, 0.3) is 0 Å². The van der Waals surface area contributed by atoms with Crippen molar-refractivity contribution >= 4 is 29.9 Å². The number of nitrogens with one attached hydrogen (secondary N) is 2. The van der Waals surface area contributed by atoms with Gasteiger partial charge in [0, 0.05) is 77.2 Å². The lowest BCUT2D eigenvalue weighted by atomic mass is 9.88. The molecular weight excluding hydrogens is 531 g/mol. The fourth-order valence-electron chi connectivity index (χ4n) is 4.67. The van der Waals surface area contributed by atoms with Gasteiger partial charge in [-0.1, -0.05) is 35.5 Å². The molecule has 1 aromatic carbocycles. The van der Waals surface area contributed by atoms with Crippen LogP contribution in [0.15, 0.2) is 52.2 Å². The molecule has 2 N–H and O–H groups in total. The summed E-state index contributed by atoms with van der Waals surface area (Å²) in [4.78, 5) is 9.35. The van der Waals surface area contributed by atoms with Gasteiger partial charge in [-0.2, -0.15) is 0 Å². The molecule has 2 saturated heterocycles. The molecule has 2 aliphatic rings. The number of nitrogens with zero attached hydrogens (tertiary/aromatic N) is 4. The Kier molecular flexibility index (Phi) is 9.96. The van der Waals surface area contributed by atoms with Crippen LogP contribution in [0.4, 0.5) is 0 Å². The average Bonchev–Trinajstić information content (AvgIpc) is 3.35. The van der Waals surface area contributed by atoms with Crippen LogP contribution in [-0.2, 0) is 11.3 Å². The molecule has 0 spiro atoms. The van der Waals surface area contributed by atoms with Crippen molar-refractivity contribution in [3.05, 3.63) is 53.9 Å². The van der Waals surface area contributed by atoms with E-state index in [9.17, 15) is 0 Å². The normalized spacial score (nSPS) is 20.2. The summed E-state index contributed by atoms with van der Waals surface area (Å²) < 4.78 is 10.6. The molecule has 0 saturated carbocycles. The summed E-state index contributed by atoms with van der Waals surface area (Å²) in [5, 5.41) is 11.6. The predicted molar refractivity (Wildman–Crippen MR) is 141 cm³/mol. The van der Waals surface area contributed by atoms with Crippen LogP contribution in [0.1, 0.15) is 37.1 Å². The number of halogens is 1. The zero-order valence-electron chi connectivity index (χ0n) is 19.7. The summed E-state index contributed by atoms with van der Waals surface area (Å²) >= 11 is 0. The van der Waals surface area contributed by atoms with Crippen LogP contribution < -0.4 is 10.6 Å². The van der Waals surface area contributed by atoms with Crippen LogP contribution in [-0.4, -0.2) is 79.4 Å². The Hall–Kier alpha value is -1.69. The van der Waals surface area contributed by atoms with E-state index < -0.39 is 0 Å². The second-order valence-electron chi connectivity index (χ2n) is 8.82. The van der Waals surface area contributed by atoms with E-state index in [1.165, 1.54) is 5.56 Å². The Morgan fingerprint density at radius 3 is 2.48 bits per heavy atom. The molecule has 9 heteroatoms. The van der Waals surface area contributed by atoms with Crippen LogP contribution >= 0.6 is 24.0 Å². The predicted octanol–water partition coefficient (Wildman–Crippen LogP) is 2.89. The smallest absolute Gasteiger partial charge is 0.193 e. The van der Waals surface area contributed by atoms with Crippen molar-refractivity contribution in [1.82, 2.24) is 25.6 Å². The van der Waals surface area contributed by atoms with E-state index in [-0.39, 0.29) is 35.6 Å². The van der Waals surface area contributed by atoms with Crippen molar-refractivity contribution in [2.45, 2.75) is 37.9 Å². The largest absolute Gasteiger partial charge is 0.381 e. The van der Waals surface area contributed by atoms with Crippen LogP contribution in [0, 0.1) is 0 Å². The zero-order valence-corrected chi connectivity index (χ0v) is 22.0. The first kappa shape index (κ1) is 25.9. The summed E-state index contributed by atoms with van der Waals surface area (Å²) in [5.74, 6) is 0.978. The molecule has 33 heavy (non-hydrogen) atoms. The van der Waals surface area contributed by atoms with Gasteiger partial charge in [-0.25, -0.2) is 0 Å². The molecule has 2 fully saturated rings. The van der Waals surface area contributed by atoms with E-state index in [4.69, 9.17) is 9.26 Å². The molecule has 3 heterocycles. The maximum absolute atomic E-state index is 5.69. The van der Waals surface area contributed by atoms with E-state index in [0.717, 1.165) is 77.0 Å². The summed E-state index contributed by atoms with van der Waals surface area (Å²) in [6.45, 7) is 9.34. The van der Waals surface area contributed by atoms with Crippen LogP contribution in [0.3, 0.4) is 0 Å². The molecule has 2 aliphatic heterocycles. The Bertz CT molecular complexity index is 834. The highest BCUT2D eigenvalue weighted by atomic mass is 127. The zero-order chi connectivity index (χ0) is 22.2. The maximum Gasteiger partial charge on any atom is 0.193 e. The molecule has 1 unspecified atom stereocenters. The molecular formula is C24H37IN6O2. The molecule has 1 atom stereocenters. The van der Waals surface area contributed by atoms with Crippen molar-refractivity contribution in [3.63, 3.8) is 0 Å². The topological polar surface area (TPSA) is 78.2 Å². The minimum Gasteiger partial charge on any atom is -0.381 e. The molecule has 4 rings (SSSR count). The van der Waals surface area contributed by atoms with Gasteiger partial charge < -0.3 is 24.8 Å². The molecule has 0 radical (unpaired) electrons. The molecule has 2 aromatic rings. The van der Waals surface area contributed by atoms with Gasteiger partial charge in [0.15, 0.2) is 5.96 Å². The van der Waals surface area contributed by atoms with Gasteiger partial charge in [-0.15, -0.1) is 24.0 Å². The summed E-state index contributed by atoms with van der Waals surface area (Å²) in [7, 11) is 1.88. The second kappa shape index (κ2) is 12.7. The standard InChI is InChI=1S/C24H36N6O2.HI/c1-20(21-6-4-3-5-7-21)27-24(9-16-31-17-10-24)19-26-23(25-2)30-13-11-29(12-14-30)18-22-8-15-32-28-22;/h3-8,15,20,27H,9-14,16-19H2,1-2H3,(H,25,26);1H. The highest BCUT2D eigenvalue weighted by Crippen LogP contribution is 2.25. The lowest BCUT2D eigenvalue weighted by Crippen LogP contribution is -2.60. The fraction of sp³-hybridized carbons (Fsp3) is 0.583. The van der Waals surface area contributed by atoms with Crippen molar-refractivity contribution in [3.8, 4) is 0 Å². The number of hydrogen-bond acceptors (Lipinski definition) is 6. The first-order valence-electron chi connectivity index (χ1n) is 11.6. The fourth-order valence-corrected chi connectivity index (χ4v) is 4.67. The number of benzene rings is 1. The number of rotatable bonds is 7. The molecule has 8 nitrogen and oxygen atoms in total. The summed E-state index contributed by atoms with van der Waals surface area (Å²) in [6, 6.07) is 12.9. The van der Waals surface area contributed by atoms with Gasteiger partial charge in [0.1, 0.15) is 6.26 Å². The Balaban J connectivity index is 0.00000306. The van der Waals surface area contributed by atoms with Crippen molar-refractivity contribution in [1.29, 1.82) is 0 Å². The summed E-state index contributed by atoms with van der Waals surface area (Å²) in [5.41, 5.74) is 2.28. The van der Waals surface area contributed by atoms with Crippen molar-refractivity contribution in [2.24, 2.45) is 4.99 Å². The third kappa shape index (κ3) is 7.14. The van der Waals surface area contributed by atoms with E-state index in [0.29, 0.717) is 0 Å². The van der Waals surface area contributed by atoms with Crippen molar-refractivity contribution in [2.75, 3.05) is 53.0 Å². The first-order chi connectivity index (χ1) is 15.7. The number of ether oxygens (including phenoxy) is 1. The average molecular weight is 569 g/mol. The number of piperazine rings is 1. The molecule has 0 aliphatic carbocycles. The molecule has 182 valence electrons. The van der Waals surface area contributed by atoms with E-state index in [2.05, 4.69) is 67.8 Å².